The number of nitrogens with one attached hydrogen (secondary N) is 1. The molecule has 0 fully saturated rings. The topological polar surface area (TPSA) is 99.9 Å². The molecule has 0 aliphatic heterocycles. The van der Waals surface area contributed by atoms with Gasteiger partial charge in [0.25, 0.3) is 0 Å². The van der Waals surface area contributed by atoms with Crippen molar-refractivity contribution in [1.82, 2.24) is 5.32 Å². The summed E-state index contributed by atoms with van der Waals surface area (Å²) in [6.07, 6.45) is 7.18. The molecule has 30 heavy (non-hydrogen) atoms. The van der Waals surface area contributed by atoms with E-state index in [0.717, 1.165) is 56.4 Å². The summed E-state index contributed by atoms with van der Waals surface area (Å²) in [4.78, 5) is 22.6. The highest BCUT2D eigenvalue weighted by Gasteiger charge is 2.12. The summed E-state index contributed by atoms with van der Waals surface area (Å²) < 4.78 is 16.3. The molecule has 0 saturated carbocycles. The van der Waals surface area contributed by atoms with Crippen LogP contribution in [0.3, 0.4) is 0 Å². The molecular formula is C23H38N2O5. The minimum atomic E-state index is -0.399. The molecule has 7 heteroatoms. The Morgan fingerprint density at radius 3 is 2.50 bits per heavy atom. The van der Waals surface area contributed by atoms with Gasteiger partial charge in [0.2, 0.25) is 11.8 Å². The van der Waals surface area contributed by atoms with Gasteiger partial charge in [0.1, 0.15) is 0 Å². The van der Waals surface area contributed by atoms with Crippen molar-refractivity contribution in [3.63, 3.8) is 0 Å². The van der Waals surface area contributed by atoms with E-state index in [1.54, 1.807) is 14.2 Å². The summed E-state index contributed by atoms with van der Waals surface area (Å²) in [5.74, 6) is 1.08. The highest BCUT2D eigenvalue weighted by Crippen LogP contribution is 2.29. The Labute approximate surface area is 180 Å². The second-order valence-electron chi connectivity index (χ2n) is 7.54. The number of hydrogen-bond acceptors (Lipinski definition) is 5. The van der Waals surface area contributed by atoms with Crippen LogP contribution >= 0.6 is 0 Å². The van der Waals surface area contributed by atoms with Crippen LogP contribution in [0.1, 0.15) is 57.4 Å². The van der Waals surface area contributed by atoms with E-state index < -0.39 is 5.91 Å². The zero-order valence-electron chi connectivity index (χ0n) is 18.7. The van der Waals surface area contributed by atoms with Crippen molar-refractivity contribution in [2.75, 3.05) is 34.0 Å². The molecule has 0 bridgehead atoms. The highest BCUT2D eigenvalue weighted by molar-refractivity contribution is 5.79. The second-order valence-corrected chi connectivity index (χ2v) is 7.54. The van der Waals surface area contributed by atoms with Crippen molar-refractivity contribution in [3.05, 3.63) is 23.8 Å². The Bertz CT molecular complexity index is 636. The van der Waals surface area contributed by atoms with Gasteiger partial charge < -0.3 is 25.3 Å². The molecule has 0 aromatic heterocycles. The fraction of sp³-hybridized carbons (Fsp3) is 0.652. The van der Waals surface area contributed by atoms with Crippen LogP contribution < -0.4 is 20.5 Å². The lowest BCUT2D eigenvalue weighted by Gasteiger charge is -2.13. The number of carbonyl (C=O) groups is 2. The van der Waals surface area contributed by atoms with Gasteiger partial charge in [-0.25, -0.2) is 0 Å². The number of rotatable bonds is 17. The first-order chi connectivity index (χ1) is 14.5. The first-order valence-corrected chi connectivity index (χ1v) is 10.8. The quantitative estimate of drug-likeness (QED) is 0.376. The molecule has 170 valence electrons. The first kappa shape index (κ1) is 25.8. The minimum absolute atomic E-state index is 0.00693. The number of carbonyl (C=O) groups excluding carboxylic acids is 2. The molecule has 0 aliphatic carbocycles. The third-order valence-corrected chi connectivity index (χ3v) is 4.95. The molecule has 7 nitrogen and oxygen atoms in total. The summed E-state index contributed by atoms with van der Waals surface area (Å²) >= 11 is 0. The molecule has 1 aromatic carbocycles. The standard InChI is InChI=1S/C23H38N2O5/c1-18(23(27)25-14-13-22(24)26)9-6-4-5-7-10-19-11-12-20(29-3)21(17-19)30-16-8-15-28-2/h11-12,17-18H,4-10,13-16H2,1-3H3,(H2,24,26)(H,25,27)/t18-/m1/s1. The molecule has 0 radical (unpaired) electrons. The normalized spacial score (nSPS) is 11.7. The molecule has 3 N–H and O–H groups in total. The lowest BCUT2D eigenvalue weighted by molar-refractivity contribution is -0.124. The molecular weight excluding hydrogens is 384 g/mol. The smallest absolute Gasteiger partial charge is 0.222 e. The summed E-state index contributed by atoms with van der Waals surface area (Å²) in [6.45, 7) is 3.52. The molecule has 1 aromatic rings. The number of benzene rings is 1. The number of amides is 2. The lowest BCUT2D eigenvalue weighted by atomic mass is 10.00. The van der Waals surface area contributed by atoms with Crippen molar-refractivity contribution in [2.45, 2.75) is 58.3 Å². The van der Waals surface area contributed by atoms with Crippen LogP contribution in [0.25, 0.3) is 0 Å². The van der Waals surface area contributed by atoms with E-state index in [1.807, 2.05) is 13.0 Å². The summed E-state index contributed by atoms with van der Waals surface area (Å²) in [5.41, 5.74) is 6.31. The Balaban J connectivity index is 2.25. The lowest BCUT2D eigenvalue weighted by Crippen LogP contribution is -2.32. The number of unbranched alkanes of at least 4 members (excludes halogenated alkanes) is 3. The maximum absolute atomic E-state index is 11.9. The van der Waals surface area contributed by atoms with Crippen LogP contribution in [0, 0.1) is 5.92 Å². The number of hydrogen-bond donors (Lipinski definition) is 2. The third-order valence-electron chi connectivity index (χ3n) is 4.95. The van der Waals surface area contributed by atoms with Crippen LogP contribution in [0.2, 0.25) is 0 Å². The average molecular weight is 423 g/mol. The van der Waals surface area contributed by atoms with Crippen molar-refractivity contribution < 1.29 is 23.8 Å². The van der Waals surface area contributed by atoms with E-state index in [2.05, 4.69) is 17.4 Å². The van der Waals surface area contributed by atoms with Crippen LogP contribution in [0.15, 0.2) is 18.2 Å². The Kier molecular flexibility index (Phi) is 13.3. The fourth-order valence-corrected chi connectivity index (χ4v) is 3.12. The van der Waals surface area contributed by atoms with Crippen molar-refractivity contribution in [3.8, 4) is 11.5 Å². The van der Waals surface area contributed by atoms with E-state index in [0.29, 0.717) is 19.8 Å². The van der Waals surface area contributed by atoms with Gasteiger partial charge in [-0.15, -0.1) is 0 Å². The minimum Gasteiger partial charge on any atom is -0.493 e. The number of aryl methyl sites for hydroxylation is 1. The maximum Gasteiger partial charge on any atom is 0.222 e. The molecule has 0 unspecified atom stereocenters. The van der Waals surface area contributed by atoms with Gasteiger partial charge in [0.15, 0.2) is 11.5 Å². The molecule has 0 heterocycles. The van der Waals surface area contributed by atoms with Gasteiger partial charge in [-0.05, 0) is 37.0 Å². The van der Waals surface area contributed by atoms with E-state index in [-0.39, 0.29) is 18.2 Å². The van der Waals surface area contributed by atoms with Crippen LogP contribution in [-0.4, -0.2) is 45.8 Å². The second kappa shape index (κ2) is 15.5. The fourth-order valence-electron chi connectivity index (χ4n) is 3.12. The van der Waals surface area contributed by atoms with Gasteiger partial charge in [-0.3, -0.25) is 9.59 Å². The molecule has 2 amide bonds. The number of primary amides is 1. The van der Waals surface area contributed by atoms with Gasteiger partial charge in [-0.1, -0.05) is 32.3 Å². The van der Waals surface area contributed by atoms with Crippen molar-refractivity contribution in [2.24, 2.45) is 11.7 Å². The number of ether oxygens (including phenoxy) is 3. The number of methoxy groups -OCH3 is 2. The van der Waals surface area contributed by atoms with E-state index >= 15 is 0 Å². The zero-order valence-corrected chi connectivity index (χ0v) is 18.7. The maximum atomic E-state index is 11.9. The third kappa shape index (κ3) is 11.0. The zero-order chi connectivity index (χ0) is 22.2. The predicted molar refractivity (Wildman–Crippen MR) is 118 cm³/mol. The monoisotopic (exact) mass is 422 g/mol. The Morgan fingerprint density at radius 1 is 1.03 bits per heavy atom. The van der Waals surface area contributed by atoms with Crippen LogP contribution in [0.5, 0.6) is 11.5 Å². The van der Waals surface area contributed by atoms with Crippen LogP contribution in [-0.2, 0) is 20.7 Å². The van der Waals surface area contributed by atoms with Crippen molar-refractivity contribution >= 4 is 11.8 Å². The molecule has 0 aliphatic rings. The molecule has 1 rings (SSSR count). The summed E-state index contributed by atoms with van der Waals surface area (Å²) in [7, 11) is 3.33. The van der Waals surface area contributed by atoms with Crippen LogP contribution in [0.4, 0.5) is 0 Å². The molecule has 0 spiro atoms. The summed E-state index contributed by atoms with van der Waals surface area (Å²) in [6, 6.07) is 6.10. The molecule has 0 saturated heterocycles. The van der Waals surface area contributed by atoms with Gasteiger partial charge >= 0.3 is 0 Å². The van der Waals surface area contributed by atoms with Crippen molar-refractivity contribution in [1.29, 1.82) is 0 Å². The van der Waals surface area contributed by atoms with E-state index in [9.17, 15) is 9.59 Å². The Hall–Kier alpha value is -2.28. The average Bonchev–Trinajstić information content (AvgIpc) is 2.73. The Morgan fingerprint density at radius 2 is 1.80 bits per heavy atom. The predicted octanol–water partition coefficient (Wildman–Crippen LogP) is 3.23. The van der Waals surface area contributed by atoms with Gasteiger partial charge in [-0.2, -0.15) is 0 Å². The molecule has 1 atom stereocenters. The summed E-state index contributed by atoms with van der Waals surface area (Å²) in [5, 5.41) is 2.75. The number of nitrogens with two attached hydrogens (primary N) is 1. The van der Waals surface area contributed by atoms with E-state index in [4.69, 9.17) is 19.9 Å². The first-order valence-electron chi connectivity index (χ1n) is 10.8. The van der Waals surface area contributed by atoms with Gasteiger partial charge in [0.05, 0.1) is 13.7 Å². The largest absolute Gasteiger partial charge is 0.493 e. The van der Waals surface area contributed by atoms with Gasteiger partial charge in [0, 0.05) is 39.0 Å². The SMILES string of the molecule is COCCCOc1cc(CCCCCC[C@@H](C)C(=O)NCCC(N)=O)ccc1OC. The van der Waals surface area contributed by atoms with E-state index in [1.165, 1.54) is 5.56 Å². The highest BCUT2D eigenvalue weighted by atomic mass is 16.5.